The van der Waals surface area contributed by atoms with Crippen LogP contribution in [0.15, 0.2) is 0 Å². The summed E-state index contributed by atoms with van der Waals surface area (Å²) in [5.74, 6) is 0.135. The first kappa shape index (κ1) is 17.6. The van der Waals surface area contributed by atoms with Crippen LogP contribution in [0.4, 0.5) is 8.78 Å². The summed E-state index contributed by atoms with van der Waals surface area (Å²) in [5.41, 5.74) is 0.323. The Kier molecular flexibility index (Phi) is 5.07. The van der Waals surface area contributed by atoms with Crippen LogP contribution in [0.3, 0.4) is 0 Å². The van der Waals surface area contributed by atoms with Gasteiger partial charge in [0.2, 0.25) is 5.92 Å². The molecule has 0 aromatic carbocycles. The van der Waals surface area contributed by atoms with Gasteiger partial charge in [0.25, 0.3) is 0 Å². The standard InChI is InChI=1S/C20H34F2O/c1-14-9-13-20(21,22)11-5-4-6-16-15(14)10-12-19(2)17(16)7-8-18(19)23-3/h14-18H,4-13H2,1-3H3/t14-,15?,16+,17?,18-,19-/m0/s1. The van der Waals surface area contributed by atoms with Gasteiger partial charge in [-0.05, 0) is 74.0 Å². The molecule has 0 spiro atoms. The Labute approximate surface area is 140 Å². The van der Waals surface area contributed by atoms with Crippen LogP contribution in [0.1, 0.15) is 78.1 Å². The van der Waals surface area contributed by atoms with Crippen LogP contribution in [-0.2, 0) is 4.74 Å². The molecule has 23 heavy (non-hydrogen) atoms. The predicted molar refractivity (Wildman–Crippen MR) is 89.7 cm³/mol. The largest absolute Gasteiger partial charge is 0.381 e. The fraction of sp³-hybridized carbons (Fsp3) is 1.00. The molecule has 0 aromatic rings. The third-order valence-corrected chi connectivity index (χ3v) is 7.72. The van der Waals surface area contributed by atoms with Gasteiger partial charge < -0.3 is 4.74 Å². The van der Waals surface area contributed by atoms with E-state index in [0.29, 0.717) is 36.2 Å². The molecule has 3 aliphatic rings. The Bertz CT molecular complexity index is 410. The van der Waals surface area contributed by atoms with E-state index in [4.69, 9.17) is 4.74 Å². The molecule has 3 fully saturated rings. The quantitative estimate of drug-likeness (QED) is 0.567. The molecule has 134 valence electrons. The van der Waals surface area contributed by atoms with Crippen LogP contribution in [-0.4, -0.2) is 19.1 Å². The topological polar surface area (TPSA) is 9.23 Å². The summed E-state index contributed by atoms with van der Waals surface area (Å²) in [5, 5.41) is 0. The summed E-state index contributed by atoms with van der Waals surface area (Å²) < 4.78 is 33.6. The van der Waals surface area contributed by atoms with Gasteiger partial charge in [-0.3, -0.25) is 0 Å². The molecule has 2 unspecified atom stereocenters. The third kappa shape index (κ3) is 3.32. The molecule has 0 bridgehead atoms. The minimum absolute atomic E-state index is 0.0970. The maximum atomic E-state index is 13.9. The molecule has 6 atom stereocenters. The lowest BCUT2D eigenvalue weighted by molar-refractivity contribution is -0.0735. The first-order valence-corrected chi connectivity index (χ1v) is 9.78. The highest BCUT2D eigenvalue weighted by Crippen LogP contribution is 2.59. The lowest BCUT2D eigenvalue weighted by Gasteiger charge is -2.50. The van der Waals surface area contributed by atoms with Gasteiger partial charge in [0.15, 0.2) is 0 Å². The summed E-state index contributed by atoms with van der Waals surface area (Å²) in [6.07, 6.45) is 9.03. The van der Waals surface area contributed by atoms with Gasteiger partial charge in [-0.25, -0.2) is 8.78 Å². The van der Waals surface area contributed by atoms with Crippen molar-refractivity contribution < 1.29 is 13.5 Å². The van der Waals surface area contributed by atoms with Crippen molar-refractivity contribution in [3.05, 3.63) is 0 Å². The summed E-state index contributed by atoms with van der Waals surface area (Å²) >= 11 is 0. The Morgan fingerprint density at radius 2 is 1.65 bits per heavy atom. The zero-order chi connectivity index (χ0) is 16.7. The highest BCUT2D eigenvalue weighted by molar-refractivity contribution is 5.04. The van der Waals surface area contributed by atoms with Crippen molar-refractivity contribution in [2.24, 2.45) is 29.1 Å². The molecule has 0 aromatic heterocycles. The zero-order valence-electron chi connectivity index (χ0n) is 15.1. The van der Waals surface area contributed by atoms with Crippen LogP contribution < -0.4 is 0 Å². The van der Waals surface area contributed by atoms with Gasteiger partial charge in [-0.1, -0.05) is 20.3 Å². The molecule has 1 nitrogen and oxygen atoms in total. The van der Waals surface area contributed by atoms with E-state index in [-0.39, 0.29) is 12.8 Å². The number of hydrogen-bond donors (Lipinski definition) is 0. The molecule has 0 heterocycles. The first-order chi connectivity index (χ1) is 10.9. The smallest absolute Gasteiger partial charge is 0.248 e. The van der Waals surface area contributed by atoms with Crippen LogP contribution in [0.5, 0.6) is 0 Å². The minimum atomic E-state index is -2.43. The summed E-state index contributed by atoms with van der Waals surface area (Å²) in [6.45, 7) is 4.67. The molecule has 0 saturated heterocycles. The molecular weight excluding hydrogens is 294 g/mol. The second-order valence-electron chi connectivity index (χ2n) is 8.90. The summed E-state index contributed by atoms with van der Waals surface area (Å²) in [6, 6.07) is 0. The molecule has 3 heteroatoms. The number of methoxy groups -OCH3 is 1. The molecule has 3 saturated carbocycles. The SMILES string of the molecule is CO[C@H]1CCC2[C@@H]3CCCCC(F)(F)CC[C@H](C)C3CC[C@@]21C. The maximum absolute atomic E-state index is 13.9. The zero-order valence-corrected chi connectivity index (χ0v) is 15.1. The summed E-state index contributed by atoms with van der Waals surface area (Å²) in [7, 11) is 1.86. The van der Waals surface area contributed by atoms with Crippen molar-refractivity contribution in [1.29, 1.82) is 0 Å². The molecule has 0 amide bonds. The monoisotopic (exact) mass is 328 g/mol. The molecular formula is C20H34F2O. The van der Waals surface area contributed by atoms with E-state index in [0.717, 1.165) is 24.7 Å². The maximum Gasteiger partial charge on any atom is 0.248 e. The Hall–Kier alpha value is -0.180. The number of halogens is 2. The van der Waals surface area contributed by atoms with Gasteiger partial charge in [-0.15, -0.1) is 0 Å². The van der Waals surface area contributed by atoms with Crippen LogP contribution in [0, 0.1) is 29.1 Å². The van der Waals surface area contributed by atoms with Gasteiger partial charge in [0, 0.05) is 20.0 Å². The highest BCUT2D eigenvalue weighted by Gasteiger charge is 2.54. The lowest BCUT2D eigenvalue weighted by atomic mass is 9.56. The summed E-state index contributed by atoms with van der Waals surface area (Å²) in [4.78, 5) is 0. The van der Waals surface area contributed by atoms with Crippen molar-refractivity contribution in [2.45, 2.75) is 90.1 Å². The molecule has 0 aliphatic heterocycles. The van der Waals surface area contributed by atoms with Crippen molar-refractivity contribution in [3.8, 4) is 0 Å². The Balaban J connectivity index is 1.78. The molecule has 3 rings (SSSR count). The average molecular weight is 328 g/mol. The molecule has 0 N–H and O–H groups in total. The average Bonchev–Trinajstić information content (AvgIpc) is 2.85. The van der Waals surface area contributed by atoms with E-state index in [2.05, 4.69) is 13.8 Å². The normalized spacial score (nSPS) is 47.6. The van der Waals surface area contributed by atoms with E-state index in [1.165, 1.54) is 25.7 Å². The minimum Gasteiger partial charge on any atom is -0.381 e. The highest BCUT2D eigenvalue weighted by atomic mass is 19.3. The number of rotatable bonds is 1. The van der Waals surface area contributed by atoms with E-state index in [9.17, 15) is 8.78 Å². The third-order valence-electron chi connectivity index (χ3n) is 7.72. The van der Waals surface area contributed by atoms with Gasteiger partial charge in [0.1, 0.15) is 0 Å². The van der Waals surface area contributed by atoms with E-state index in [1.807, 2.05) is 7.11 Å². The number of hydrogen-bond acceptors (Lipinski definition) is 1. The van der Waals surface area contributed by atoms with Crippen molar-refractivity contribution in [1.82, 2.24) is 0 Å². The number of ether oxygens (including phenoxy) is 1. The van der Waals surface area contributed by atoms with Crippen molar-refractivity contribution in [2.75, 3.05) is 7.11 Å². The second-order valence-corrected chi connectivity index (χ2v) is 8.90. The van der Waals surface area contributed by atoms with E-state index in [1.54, 1.807) is 0 Å². The lowest BCUT2D eigenvalue weighted by Crippen LogP contribution is -2.45. The van der Waals surface area contributed by atoms with Crippen LogP contribution in [0.25, 0.3) is 0 Å². The van der Waals surface area contributed by atoms with E-state index >= 15 is 0 Å². The van der Waals surface area contributed by atoms with Crippen LogP contribution in [0.2, 0.25) is 0 Å². The fourth-order valence-electron chi connectivity index (χ4n) is 6.32. The van der Waals surface area contributed by atoms with Gasteiger partial charge in [-0.2, -0.15) is 0 Å². The van der Waals surface area contributed by atoms with E-state index < -0.39 is 5.92 Å². The predicted octanol–water partition coefficient (Wildman–Crippen LogP) is 6.07. The van der Waals surface area contributed by atoms with Gasteiger partial charge in [0.05, 0.1) is 6.10 Å². The van der Waals surface area contributed by atoms with Crippen molar-refractivity contribution in [3.63, 3.8) is 0 Å². The molecule has 0 radical (unpaired) electrons. The number of fused-ring (bicyclic) bond motifs is 3. The number of alkyl halides is 2. The molecule has 3 aliphatic carbocycles. The second kappa shape index (κ2) is 6.61. The van der Waals surface area contributed by atoms with Crippen molar-refractivity contribution >= 4 is 0 Å². The first-order valence-electron chi connectivity index (χ1n) is 9.78. The Morgan fingerprint density at radius 1 is 0.870 bits per heavy atom. The Morgan fingerprint density at radius 3 is 2.39 bits per heavy atom. The van der Waals surface area contributed by atoms with Crippen LogP contribution >= 0.6 is 0 Å². The van der Waals surface area contributed by atoms with Gasteiger partial charge >= 0.3 is 0 Å². The fourth-order valence-corrected chi connectivity index (χ4v) is 6.32.